The van der Waals surface area contributed by atoms with Crippen LogP contribution in [-0.4, -0.2) is 38.0 Å². The van der Waals surface area contributed by atoms with Crippen LogP contribution in [0, 0.1) is 20.8 Å². The van der Waals surface area contributed by atoms with E-state index >= 15 is 0 Å². The molecule has 2 aromatic heterocycles. The summed E-state index contributed by atoms with van der Waals surface area (Å²) in [5.74, 6) is 1.18. The van der Waals surface area contributed by atoms with E-state index in [-0.39, 0.29) is 5.91 Å². The van der Waals surface area contributed by atoms with Gasteiger partial charge in [0.15, 0.2) is 0 Å². The number of hydrogen-bond donors (Lipinski definition) is 0. The molecule has 24 heavy (non-hydrogen) atoms. The third-order valence-corrected chi connectivity index (χ3v) is 5.17. The highest BCUT2D eigenvalue weighted by atomic mass is 16.2. The number of aromatic nitrogens is 3. The van der Waals surface area contributed by atoms with Crippen LogP contribution in [0.2, 0.25) is 0 Å². The number of rotatable bonds is 3. The molecule has 1 aliphatic rings. The van der Waals surface area contributed by atoms with E-state index < -0.39 is 0 Å². The van der Waals surface area contributed by atoms with Crippen LogP contribution in [0.3, 0.4) is 0 Å². The van der Waals surface area contributed by atoms with Crippen molar-refractivity contribution in [1.82, 2.24) is 19.0 Å². The summed E-state index contributed by atoms with van der Waals surface area (Å²) in [7, 11) is 0. The van der Waals surface area contributed by atoms with Gasteiger partial charge < -0.3 is 14.0 Å². The predicted molar refractivity (Wildman–Crippen MR) is 95.4 cm³/mol. The maximum atomic E-state index is 13.1. The van der Waals surface area contributed by atoms with E-state index in [1.165, 1.54) is 0 Å². The average molecular weight is 328 g/mol. The summed E-state index contributed by atoms with van der Waals surface area (Å²) in [5, 5.41) is 0. The SMILES string of the molecule is Cc1nccn1[C@@H]1CCCN(C(=O)c2cc(C)n(C(C)C)c2C)C1. The molecule has 0 radical (unpaired) electrons. The Hall–Kier alpha value is -2.04. The first-order valence-corrected chi connectivity index (χ1v) is 8.87. The largest absolute Gasteiger partial charge is 0.346 e. The molecule has 0 saturated carbocycles. The molecule has 0 aromatic carbocycles. The maximum absolute atomic E-state index is 13.1. The fourth-order valence-corrected chi connectivity index (χ4v) is 4.10. The Morgan fingerprint density at radius 1 is 1.29 bits per heavy atom. The van der Waals surface area contributed by atoms with Gasteiger partial charge >= 0.3 is 0 Å². The zero-order chi connectivity index (χ0) is 17.4. The summed E-state index contributed by atoms with van der Waals surface area (Å²) in [6.07, 6.45) is 6.01. The average Bonchev–Trinajstić information content (AvgIpc) is 3.09. The molecule has 1 fully saturated rings. The van der Waals surface area contributed by atoms with E-state index in [9.17, 15) is 4.79 Å². The van der Waals surface area contributed by atoms with E-state index in [0.29, 0.717) is 12.1 Å². The van der Waals surface area contributed by atoms with Gasteiger partial charge in [0.1, 0.15) is 5.82 Å². The van der Waals surface area contributed by atoms with Crippen molar-refractivity contribution in [2.75, 3.05) is 13.1 Å². The lowest BCUT2D eigenvalue weighted by Crippen LogP contribution is -2.41. The summed E-state index contributed by atoms with van der Waals surface area (Å²) in [4.78, 5) is 19.4. The predicted octanol–water partition coefficient (Wildman–Crippen LogP) is 3.67. The molecule has 3 heterocycles. The molecule has 2 aromatic rings. The van der Waals surface area contributed by atoms with Gasteiger partial charge in [0.25, 0.3) is 5.91 Å². The van der Waals surface area contributed by atoms with E-state index in [2.05, 4.69) is 41.8 Å². The Kier molecular flexibility index (Phi) is 4.52. The lowest BCUT2D eigenvalue weighted by Gasteiger charge is -2.34. The number of amides is 1. The Morgan fingerprint density at radius 3 is 2.62 bits per heavy atom. The third-order valence-electron chi connectivity index (χ3n) is 5.17. The van der Waals surface area contributed by atoms with E-state index in [1.54, 1.807) is 0 Å². The molecule has 0 bridgehead atoms. The summed E-state index contributed by atoms with van der Waals surface area (Å²) in [6, 6.07) is 2.75. The van der Waals surface area contributed by atoms with Crippen LogP contribution in [0.1, 0.15) is 66.3 Å². The Bertz CT molecular complexity index is 741. The van der Waals surface area contributed by atoms with Crippen LogP contribution < -0.4 is 0 Å². The Labute approximate surface area is 144 Å². The zero-order valence-corrected chi connectivity index (χ0v) is 15.4. The van der Waals surface area contributed by atoms with E-state index in [4.69, 9.17) is 0 Å². The van der Waals surface area contributed by atoms with Crippen LogP contribution in [0.5, 0.6) is 0 Å². The topological polar surface area (TPSA) is 43.1 Å². The molecule has 0 unspecified atom stereocenters. The number of carbonyl (C=O) groups excluding carboxylic acids is 1. The smallest absolute Gasteiger partial charge is 0.255 e. The Balaban J connectivity index is 1.83. The third kappa shape index (κ3) is 2.87. The number of carbonyl (C=O) groups is 1. The number of imidazole rings is 1. The molecule has 1 amide bonds. The van der Waals surface area contributed by atoms with Crippen molar-refractivity contribution in [3.63, 3.8) is 0 Å². The van der Waals surface area contributed by atoms with Crippen molar-refractivity contribution in [3.05, 3.63) is 41.2 Å². The monoisotopic (exact) mass is 328 g/mol. The van der Waals surface area contributed by atoms with Gasteiger partial charge in [0, 0.05) is 42.9 Å². The fourth-order valence-electron chi connectivity index (χ4n) is 4.10. The van der Waals surface area contributed by atoms with Gasteiger partial charge in [-0.25, -0.2) is 4.98 Å². The molecule has 1 atom stereocenters. The minimum absolute atomic E-state index is 0.164. The lowest BCUT2D eigenvalue weighted by atomic mass is 10.0. The molecule has 130 valence electrons. The molecule has 1 saturated heterocycles. The Morgan fingerprint density at radius 2 is 2.04 bits per heavy atom. The number of hydrogen-bond acceptors (Lipinski definition) is 2. The van der Waals surface area contributed by atoms with Crippen LogP contribution in [0.25, 0.3) is 0 Å². The van der Waals surface area contributed by atoms with Crippen molar-refractivity contribution in [2.45, 2.75) is 59.5 Å². The number of likely N-dealkylation sites (tertiary alicyclic amines) is 1. The van der Waals surface area contributed by atoms with Gasteiger partial charge in [-0.3, -0.25) is 4.79 Å². The second kappa shape index (κ2) is 6.46. The van der Waals surface area contributed by atoms with Crippen molar-refractivity contribution in [3.8, 4) is 0 Å². The molecule has 5 nitrogen and oxygen atoms in total. The molecular weight excluding hydrogens is 300 g/mol. The van der Waals surface area contributed by atoms with Gasteiger partial charge in [-0.2, -0.15) is 0 Å². The highest BCUT2D eigenvalue weighted by Gasteiger charge is 2.28. The van der Waals surface area contributed by atoms with Crippen LogP contribution >= 0.6 is 0 Å². The normalized spacial score (nSPS) is 18.4. The zero-order valence-electron chi connectivity index (χ0n) is 15.4. The van der Waals surface area contributed by atoms with Gasteiger partial charge in [0.2, 0.25) is 0 Å². The van der Waals surface area contributed by atoms with Gasteiger partial charge in [-0.15, -0.1) is 0 Å². The standard InChI is InChI=1S/C19H28N4O/c1-13(2)23-14(3)11-18(15(23)4)19(24)21-9-6-7-17(12-21)22-10-8-20-16(22)5/h8,10-11,13,17H,6-7,9,12H2,1-5H3/t17-/m1/s1. The number of aryl methyl sites for hydroxylation is 2. The van der Waals surface area contributed by atoms with Crippen molar-refractivity contribution in [1.29, 1.82) is 0 Å². The van der Waals surface area contributed by atoms with Crippen molar-refractivity contribution >= 4 is 5.91 Å². The minimum atomic E-state index is 0.164. The quantitative estimate of drug-likeness (QED) is 0.863. The molecule has 5 heteroatoms. The summed E-state index contributed by atoms with van der Waals surface area (Å²) >= 11 is 0. The second-order valence-electron chi connectivity index (χ2n) is 7.18. The molecule has 0 spiro atoms. The minimum Gasteiger partial charge on any atom is -0.346 e. The van der Waals surface area contributed by atoms with Crippen LogP contribution in [-0.2, 0) is 0 Å². The van der Waals surface area contributed by atoms with Crippen LogP contribution in [0.15, 0.2) is 18.5 Å². The molecule has 0 N–H and O–H groups in total. The van der Waals surface area contributed by atoms with Gasteiger partial charge in [-0.1, -0.05) is 0 Å². The van der Waals surface area contributed by atoms with E-state index in [1.807, 2.05) is 30.3 Å². The van der Waals surface area contributed by atoms with Crippen LogP contribution in [0.4, 0.5) is 0 Å². The highest BCUT2D eigenvalue weighted by molar-refractivity contribution is 5.95. The highest BCUT2D eigenvalue weighted by Crippen LogP contribution is 2.26. The van der Waals surface area contributed by atoms with Crippen molar-refractivity contribution in [2.24, 2.45) is 0 Å². The van der Waals surface area contributed by atoms with E-state index in [0.717, 1.165) is 48.7 Å². The lowest BCUT2D eigenvalue weighted by molar-refractivity contribution is 0.0677. The van der Waals surface area contributed by atoms with Gasteiger partial charge in [-0.05, 0) is 53.5 Å². The summed E-state index contributed by atoms with van der Waals surface area (Å²) < 4.78 is 4.45. The first-order valence-electron chi connectivity index (χ1n) is 8.87. The van der Waals surface area contributed by atoms with Crippen molar-refractivity contribution < 1.29 is 4.79 Å². The summed E-state index contributed by atoms with van der Waals surface area (Å²) in [5.41, 5.74) is 3.09. The fraction of sp³-hybridized carbons (Fsp3) is 0.579. The molecule has 0 aliphatic carbocycles. The maximum Gasteiger partial charge on any atom is 0.255 e. The molecule has 1 aliphatic heterocycles. The first-order chi connectivity index (χ1) is 11.4. The first kappa shape index (κ1) is 16.8. The summed E-state index contributed by atoms with van der Waals surface area (Å²) in [6.45, 7) is 12.1. The number of piperidine rings is 1. The molecular formula is C19H28N4O. The number of nitrogens with zero attached hydrogens (tertiary/aromatic N) is 4. The molecule has 3 rings (SSSR count). The van der Waals surface area contributed by atoms with Gasteiger partial charge in [0.05, 0.1) is 11.6 Å². The second-order valence-corrected chi connectivity index (χ2v) is 7.18.